The minimum atomic E-state index is -0.942. The highest BCUT2D eigenvalue weighted by Gasteiger charge is 2.18. The van der Waals surface area contributed by atoms with Crippen molar-refractivity contribution in [2.45, 2.75) is 19.4 Å². The van der Waals surface area contributed by atoms with Crippen LogP contribution in [-0.4, -0.2) is 18.0 Å². The minimum absolute atomic E-state index is 0.0264. The van der Waals surface area contributed by atoms with Gasteiger partial charge >= 0.3 is 5.97 Å². The Balaban J connectivity index is 1.96. The summed E-state index contributed by atoms with van der Waals surface area (Å²) in [5.74, 6) is -1.18. The molecule has 1 aromatic heterocycles. The molecule has 0 aliphatic rings. The van der Waals surface area contributed by atoms with Gasteiger partial charge in [-0.15, -0.1) is 0 Å². The summed E-state index contributed by atoms with van der Waals surface area (Å²) >= 11 is 0. The molecule has 0 fully saturated rings. The first-order valence-electron chi connectivity index (χ1n) is 6.93. The Bertz CT molecular complexity index is 865. The Labute approximate surface area is 126 Å². The smallest absolute Gasteiger partial charge is 0.311 e. The van der Waals surface area contributed by atoms with Gasteiger partial charge in [0.2, 0.25) is 0 Å². The van der Waals surface area contributed by atoms with Crippen LogP contribution in [0.25, 0.3) is 21.7 Å². The number of ether oxygens (including phenoxy) is 1. The van der Waals surface area contributed by atoms with E-state index in [9.17, 15) is 9.59 Å². The SMILES string of the molecule is CC(OC(=O)Cc1coc2ccc3ccccc3c12)C(N)=O. The molecule has 1 heterocycles. The number of nitrogens with two attached hydrogens (primary N) is 1. The van der Waals surface area contributed by atoms with Crippen molar-refractivity contribution in [3.8, 4) is 0 Å². The van der Waals surface area contributed by atoms with E-state index >= 15 is 0 Å². The van der Waals surface area contributed by atoms with E-state index in [4.69, 9.17) is 14.9 Å². The summed E-state index contributed by atoms with van der Waals surface area (Å²) in [4.78, 5) is 22.9. The van der Waals surface area contributed by atoms with Crippen LogP contribution in [0.4, 0.5) is 0 Å². The van der Waals surface area contributed by atoms with E-state index < -0.39 is 18.0 Å². The van der Waals surface area contributed by atoms with Gasteiger partial charge in [0, 0.05) is 10.9 Å². The minimum Gasteiger partial charge on any atom is -0.464 e. The predicted octanol–water partition coefficient (Wildman–Crippen LogP) is 2.55. The zero-order valence-corrected chi connectivity index (χ0v) is 12.0. The molecule has 3 aromatic rings. The van der Waals surface area contributed by atoms with Crippen LogP contribution in [-0.2, 0) is 20.7 Å². The third kappa shape index (κ3) is 2.53. The summed E-state index contributed by atoms with van der Waals surface area (Å²) in [6.07, 6.45) is 0.633. The fourth-order valence-electron chi connectivity index (χ4n) is 2.46. The lowest BCUT2D eigenvalue weighted by molar-refractivity contribution is -0.153. The van der Waals surface area contributed by atoms with Crippen LogP contribution in [0, 0.1) is 0 Å². The molecule has 0 saturated heterocycles. The second-order valence-electron chi connectivity index (χ2n) is 5.13. The quantitative estimate of drug-likeness (QED) is 0.750. The van der Waals surface area contributed by atoms with Crippen LogP contribution in [0.15, 0.2) is 47.1 Å². The lowest BCUT2D eigenvalue weighted by Gasteiger charge is -2.09. The third-order valence-electron chi connectivity index (χ3n) is 3.58. The highest BCUT2D eigenvalue weighted by molar-refractivity contribution is 6.08. The van der Waals surface area contributed by atoms with Crippen molar-refractivity contribution in [1.82, 2.24) is 0 Å². The molecule has 22 heavy (non-hydrogen) atoms. The van der Waals surface area contributed by atoms with Crippen LogP contribution >= 0.6 is 0 Å². The summed E-state index contributed by atoms with van der Waals surface area (Å²) in [6, 6.07) is 11.7. The highest BCUT2D eigenvalue weighted by atomic mass is 16.5. The van der Waals surface area contributed by atoms with Crippen LogP contribution in [0.1, 0.15) is 12.5 Å². The van der Waals surface area contributed by atoms with Crippen LogP contribution in [0.3, 0.4) is 0 Å². The molecule has 0 aliphatic heterocycles. The van der Waals surface area contributed by atoms with E-state index in [-0.39, 0.29) is 6.42 Å². The van der Waals surface area contributed by atoms with Gasteiger partial charge < -0.3 is 14.9 Å². The van der Waals surface area contributed by atoms with E-state index in [0.717, 1.165) is 21.7 Å². The molecule has 1 atom stereocenters. The van der Waals surface area contributed by atoms with Crippen molar-refractivity contribution in [1.29, 1.82) is 0 Å². The first kappa shape index (κ1) is 14.1. The molecule has 5 nitrogen and oxygen atoms in total. The molecular formula is C17H15NO4. The summed E-state index contributed by atoms with van der Waals surface area (Å²) in [5, 5.41) is 2.97. The molecule has 0 spiro atoms. The molecule has 0 bridgehead atoms. The predicted molar refractivity (Wildman–Crippen MR) is 82.2 cm³/mol. The van der Waals surface area contributed by atoms with Crippen molar-refractivity contribution in [2.75, 3.05) is 0 Å². The molecule has 0 saturated carbocycles. The van der Waals surface area contributed by atoms with E-state index in [1.165, 1.54) is 6.92 Å². The van der Waals surface area contributed by atoms with Crippen LogP contribution < -0.4 is 5.73 Å². The Morgan fingerprint density at radius 1 is 1.23 bits per heavy atom. The zero-order valence-electron chi connectivity index (χ0n) is 12.0. The maximum atomic E-state index is 11.9. The maximum Gasteiger partial charge on any atom is 0.311 e. The average Bonchev–Trinajstić information content (AvgIpc) is 2.90. The molecule has 0 aliphatic carbocycles. The molecule has 5 heteroatoms. The normalized spacial score (nSPS) is 12.4. The molecule has 2 N–H and O–H groups in total. The number of carbonyl (C=O) groups excluding carboxylic acids is 2. The Kier molecular flexibility index (Phi) is 3.55. The second kappa shape index (κ2) is 5.52. The van der Waals surface area contributed by atoms with E-state index in [2.05, 4.69) is 0 Å². The molecule has 1 amide bonds. The Hall–Kier alpha value is -2.82. The van der Waals surface area contributed by atoms with Gasteiger partial charge in [-0.3, -0.25) is 9.59 Å². The molecule has 3 rings (SSSR count). The number of carbonyl (C=O) groups is 2. The summed E-state index contributed by atoms with van der Waals surface area (Å²) in [5.41, 5.74) is 6.53. The van der Waals surface area contributed by atoms with Gasteiger partial charge in [0.25, 0.3) is 5.91 Å². The number of benzene rings is 2. The first-order valence-corrected chi connectivity index (χ1v) is 6.93. The van der Waals surface area contributed by atoms with Gasteiger partial charge in [0.05, 0.1) is 12.7 Å². The number of fused-ring (bicyclic) bond motifs is 3. The number of hydrogen-bond acceptors (Lipinski definition) is 4. The molecule has 2 aromatic carbocycles. The summed E-state index contributed by atoms with van der Waals surface area (Å²) in [6.45, 7) is 1.45. The molecule has 0 radical (unpaired) electrons. The van der Waals surface area contributed by atoms with Gasteiger partial charge in [-0.2, -0.15) is 0 Å². The Morgan fingerprint density at radius 2 is 2.00 bits per heavy atom. The molecule has 1 unspecified atom stereocenters. The standard InChI is InChI=1S/C17H15NO4/c1-10(17(18)20)22-15(19)8-12-9-21-14-7-6-11-4-2-3-5-13(11)16(12)14/h2-7,9-10H,8H2,1H3,(H2,18,20). The van der Waals surface area contributed by atoms with Gasteiger partial charge in [-0.05, 0) is 23.8 Å². The van der Waals surface area contributed by atoms with Gasteiger partial charge in [0.15, 0.2) is 6.10 Å². The highest BCUT2D eigenvalue weighted by Crippen LogP contribution is 2.30. The van der Waals surface area contributed by atoms with Gasteiger partial charge in [-0.25, -0.2) is 0 Å². The number of hydrogen-bond donors (Lipinski definition) is 1. The maximum absolute atomic E-state index is 11.9. The number of furan rings is 1. The first-order chi connectivity index (χ1) is 10.6. The van der Waals surface area contributed by atoms with Gasteiger partial charge in [-0.1, -0.05) is 30.3 Å². The van der Waals surface area contributed by atoms with Crippen LogP contribution in [0.5, 0.6) is 0 Å². The van der Waals surface area contributed by atoms with Crippen molar-refractivity contribution in [3.05, 3.63) is 48.2 Å². The van der Waals surface area contributed by atoms with Crippen molar-refractivity contribution in [3.63, 3.8) is 0 Å². The second-order valence-corrected chi connectivity index (χ2v) is 5.13. The lowest BCUT2D eigenvalue weighted by Crippen LogP contribution is -2.30. The average molecular weight is 297 g/mol. The summed E-state index contributed by atoms with van der Waals surface area (Å²) in [7, 11) is 0. The summed E-state index contributed by atoms with van der Waals surface area (Å²) < 4.78 is 10.5. The Morgan fingerprint density at radius 3 is 2.77 bits per heavy atom. The lowest BCUT2D eigenvalue weighted by atomic mass is 10.0. The fourth-order valence-corrected chi connectivity index (χ4v) is 2.46. The number of rotatable bonds is 4. The topological polar surface area (TPSA) is 82.5 Å². The zero-order chi connectivity index (χ0) is 15.7. The molecule has 112 valence electrons. The van der Waals surface area contributed by atoms with Crippen molar-refractivity contribution in [2.24, 2.45) is 5.73 Å². The number of amides is 1. The van der Waals surface area contributed by atoms with Gasteiger partial charge in [0.1, 0.15) is 5.58 Å². The van der Waals surface area contributed by atoms with Crippen molar-refractivity contribution < 1.29 is 18.7 Å². The van der Waals surface area contributed by atoms with E-state index in [1.807, 2.05) is 36.4 Å². The van der Waals surface area contributed by atoms with E-state index in [1.54, 1.807) is 6.26 Å². The molecular weight excluding hydrogens is 282 g/mol. The largest absolute Gasteiger partial charge is 0.464 e. The monoisotopic (exact) mass is 297 g/mol. The number of primary amides is 1. The van der Waals surface area contributed by atoms with Crippen LogP contribution in [0.2, 0.25) is 0 Å². The number of esters is 1. The fraction of sp³-hybridized carbons (Fsp3) is 0.176. The third-order valence-corrected chi connectivity index (χ3v) is 3.58. The van der Waals surface area contributed by atoms with Crippen molar-refractivity contribution >= 4 is 33.6 Å². The van der Waals surface area contributed by atoms with E-state index in [0.29, 0.717) is 5.58 Å².